The summed E-state index contributed by atoms with van der Waals surface area (Å²) in [6.45, 7) is 0.855. The lowest BCUT2D eigenvalue weighted by molar-refractivity contribution is 0.530. The van der Waals surface area contributed by atoms with Crippen LogP contribution in [0.15, 0.2) is 18.5 Å². The average molecular weight is 254 g/mol. The maximum absolute atomic E-state index is 6.02. The van der Waals surface area contributed by atoms with Gasteiger partial charge in [0.05, 0.1) is 10.5 Å². The van der Waals surface area contributed by atoms with Crippen LogP contribution in [0, 0.1) is 0 Å². The number of aryl methyl sites for hydroxylation is 1. The van der Waals surface area contributed by atoms with Crippen LogP contribution in [-0.2, 0) is 13.0 Å². The van der Waals surface area contributed by atoms with Crippen LogP contribution in [-0.4, -0.2) is 10.2 Å². The number of aromatic nitrogens is 2. The Morgan fingerprint density at radius 2 is 2.56 bits per heavy atom. The summed E-state index contributed by atoms with van der Waals surface area (Å²) in [5.41, 5.74) is 2.58. The second kappa shape index (κ2) is 4.20. The van der Waals surface area contributed by atoms with E-state index >= 15 is 0 Å². The number of nitrogens with one attached hydrogen (secondary N) is 2. The second-order valence-electron chi connectivity index (χ2n) is 4.01. The molecule has 5 heteroatoms. The number of hydrogen-bond donors (Lipinski definition) is 2. The molecule has 2 N–H and O–H groups in total. The van der Waals surface area contributed by atoms with Crippen LogP contribution in [0.1, 0.15) is 28.5 Å². The maximum Gasteiger partial charge on any atom is 0.0934 e. The predicted octanol–water partition coefficient (Wildman–Crippen LogP) is 2.90. The summed E-state index contributed by atoms with van der Waals surface area (Å²) in [7, 11) is 0. The van der Waals surface area contributed by atoms with E-state index < -0.39 is 0 Å². The maximum atomic E-state index is 6.02. The van der Waals surface area contributed by atoms with E-state index in [9.17, 15) is 0 Å². The van der Waals surface area contributed by atoms with Crippen molar-refractivity contribution in [2.24, 2.45) is 0 Å². The molecule has 0 bridgehead atoms. The average Bonchev–Trinajstić information content (AvgIpc) is 2.91. The molecule has 16 heavy (non-hydrogen) atoms. The molecule has 1 aliphatic carbocycles. The fourth-order valence-electron chi connectivity index (χ4n) is 2.16. The number of fused-ring (bicyclic) bond motifs is 1. The Labute approximate surface area is 103 Å². The van der Waals surface area contributed by atoms with Gasteiger partial charge in [0.1, 0.15) is 0 Å². The summed E-state index contributed by atoms with van der Waals surface area (Å²) in [6.07, 6.45) is 6.10. The minimum atomic E-state index is 0.452. The van der Waals surface area contributed by atoms with Crippen molar-refractivity contribution in [2.75, 3.05) is 0 Å². The van der Waals surface area contributed by atoms with Crippen LogP contribution in [0.2, 0.25) is 4.34 Å². The standard InChI is InChI=1S/C11H12ClN3S/c12-11-3-8-9(1-2-10(8)16-11)13-4-7-5-14-15-6-7/h3,5-6,9,13H,1-2,4H2,(H,14,15). The number of nitrogens with zero attached hydrogens (tertiary/aromatic N) is 1. The molecule has 2 heterocycles. The monoisotopic (exact) mass is 253 g/mol. The highest BCUT2D eigenvalue weighted by atomic mass is 35.5. The highest BCUT2D eigenvalue weighted by molar-refractivity contribution is 7.16. The van der Waals surface area contributed by atoms with Gasteiger partial charge in [-0.1, -0.05) is 11.6 Å². The molecule has 84 valence electrons. The first kappa shape index (κ1) is 10.3. The summed E-state index contributed by atoms with van der Waals surface area (Å²) in [5.74, 6) is 0. The summed E-state index contributed by atoms with van der Waals surface area (Å²) in [6, 6.07) is 2.55. The molecule has 0 fully saturated rings. The summed E-state index contributed by atoms with van der Waals surface area (Å²) >= 11 is 7.73. The van der Waals surface area contributed by atoms with Gasteiger partial charge in [-0.2, -0.15) is 5.10 Å². The lowest BCUT2D eigenvalue weighted by Crippen LogP contribution is -2.18. The normalized spacial score (nSPS) is 18.9. The Balaban J connectivity index is 1.69. The van der Waals surface area contributed by atoms with E-state index in [0.717, 1.165) is 17.3 Å². The first-order chi connectivity index (χ1) is 7.83. The first-order valence-electron chi connectivity index (χ1n) is 5.32. The Kier molecular flexibility index (Phi) is 2.71. The Hall–Kier alpha value is -0.840. The van der Waals surface area contributed by atoms with Crippen molar-refractivity contribution in [3.05, 3.63) is 38.8 Å². The van der Waals surface area contributed by atoms with Gasteiger partial charge in [0.15, 0.2) is 0 Å². The Morgan fingerprint density at radius 3 is 3.38 bits per heavy atom. The molecule has 3 nitrogen and oxygen atoms in total. The highest BCUT2D eigenvalue weighted by Crippen LogP contribution is 2.39. The molecular weight excluding hydrogens is 242 g/mol. The van der Waals surface area contributed by atoms with E-state index in [1.807, 2.05) is 12.4 Å². The third kappa shape index (κ3) is 1.88. The minimum Gasteiger partial charge on any atom is -0.306 e. The second-order valence-corrected chi connectivity index (χ2v) is 5.78. The van der Waals surface area contributed by atoms with Gasteiger partial charge < -0.3 is 5.32 Å². The van der Waals surface area contributed by atoms with Gasteiger partial charge in [0.2, 0.25) is 0 Å². The SMILES string of the molecule is Clc1cc2c(s1)CCC2NCc1cn[nH]c1. The zero-order valence-electron chi connectivity index (χ0n) is 8.66. The van der Waals surface area contributed by atoms with E-state index in [1.54, 1.807) is 11.3 Å². The topological polar surface area (TPSA) is 40.7 Å². The molecule has 3 rings (SSSR count). The lowest BCUT2D eigenvalue weighted by Gasteiger charge is -2.11. The quantitative estimate of drug-likeness (QED) is 0.883. The van der Waals surface area contributed by atoms with Crippen molar-refractivity contribution in [2.45, 2.75) is 25.4 Å². The molecule has 0 spiro atoms. The number of thiophene rings is 1. The molecule has 2 aromatic heterocycles. The summed E-state index contributed by atoms with van der Waals surface area (Å²) in [4.78, 5) is 1.44. The fourth-order valence-corrected chi connectivity index (χ4v) is 3.51. The van der Waals surface area contributed by atoms with Gasteiger partial charge in [-0.15, -0.1) is 11.3 Å². The van der Waals surface area contributed by atoms with Gasteiger partial charge in [-0.25, -0.2) is 0 Å². The number of hydrogen-bond acceptors (Lipinski definition) is 3. The molecule has 0 saturated carbocycles. The molecule has 1 unspecified atom stereocenters. The van der Waals surface area contributed by atoms with Crippen molar-refractivity contribution in [1.82, 2.24) is 15.5 Å². The van der Waals surface area contributed by atoms with Crippen LogP contribution in [0.3, 0.4) is 0 Å². The Morgan fingerprint density at radius 1 is 1.62 bits per heavy atom. The zero-order chi connectivity index (χ0) is 11.0. The van der Waals surface area contributed by atoms with Crippen LogP contribution < -0.4 is 5.32 Å². The van der Waals surface area contributed by atoms with Crippen LogP contribution in [0.25, 0.3) is 0 Å². The summed E-state index contributed by atoms with van der Waals surface area (Å²) < 4.78 is 0.903. The molecule has 1 atom stereocenters. The van der Waals surface area contributed by atoms with Gasteiger partial charge in [-0.05, 0) is 24.5 Å². The van der Waals surface area contributed by atoms with Crippen molar-refractivity contribution in [3.8, 4) is 0 Å². The van der Waals surface area contributed by atoms with Gasteiger partial charge in [0, 0.05) is 29.2 Å². The van der Waals surface area contributed by atoms with E-state index in [1.165, 1.54) is 22.4 Å². The van der Waals surface area contributed by atoms with Gasteiger partial charge in [0.25, 0.3) is 0 Å². The predicted molar refractivity (Wildman–Crippen MR) is 65.8 cm³/mol. The van der Waals surface area contributed by atoms with Crippen LogP contribution in [0.5, 0.6) is 0 Å². The number of halogens is 1. The van der Waals surface area contributed by atoms with Crippen LogP contribution in [0.4, 0.5) is 0 Å². The van der Waals surface area contributed by atoms with E-state index in [0.29, 0.717) is 6.04 Å². The molecule has 0 amide bonds. The third-order valence-corrected chi connectivity index (χ3v) is 4.29. The van der Waals surface area contributed by atoms with Crippen LogP contribution >= 0.6 is 22.9 Å². The smallest absolute Gasteiger partial charge is 0.0934 e. The molecule has 2 aromatic rings. The zero-order valence-corrected chi connectivity index (χ0v) is 10.2. The van der Waals surface area contributed by atoms with Crippen molar-refractivity contribution in [1.29, 1.82) is 0 Å². The molecule has 0 aromatic carbocycles. The number of H-pyrrole nitrogens is 1. The fraction of sp³-hybridized carbons (Fsp3) is 0.364. The minimum absolute atomic E-state index is 0.452. The van der Waals surface area contributed by atoms with E-state index in [-0.39, 0.29) is 0 Å². The van der Waals surface area contributed by atoms with Gasteiger partial charge >= 0.3 is 0 Å². The highest BCUT2D eigenvalue weighted by Gasteiger charge is 2.24. The lowest BCUT2D eigenvalue weighted by atomic mass is 10.1. The Bertz CT molecular complexity index is 477. The summed E-state index contributed by atoms with van der Waals surface area (Å²) in [5, 5.41) is 10.3. The van der Waals surface area contributed by atoms with Crippen molar-refractivity contribution < 1.29 is 0 Å². The third-order valence-electron chi connectivity index (χ3n) is 2.95. The molecular formula is C11H12ClN3S. The molecule has 0 aliphatic heterocycles. The molecule has 1 aliphatic rings. The number of rotatable bonds is 3. The van der Waals surface area contributed by atoms with Crippen molar-refractivity contribution in [3.63, 3.8) is 0 Å². The molecule has 0 radical (unpaired) electrons. The molecule has 0 saturated heterocycles. The number of aromatic amines is 1. The first-order valence-corrected chi connectivity index (χ1v) is 6.51. The van der Waals surface area contributed by atoms with Crippen molar-refractivity contribution >= 4 is 22.9 Å². The van der Waals surface area contributed by atoms with E-state index in [4.69, 9.17) is 11.6 Å². The van der Waals surface area contributed by atoms with Gasteiger partial charge in [-0.3, -0.25) is 5.10 Å². The largest absolute Gasteiger partial charge is 0.306 e. The van der Waals surface area contributed by atoms with E-state index in [2.05, 4.69) is 21.6 Å².